The Morgan fingerprint density at radius 1 is 1.25 bits per heavy atom. The third-order valence-electron chi connectivity index (χ3n) is 3.77. The zero-order valence-electron chi connectivity index (χ0n) is 13.9. The fourth-order valence-electron chi connectivity index (χ4n) is 2.55. The number of unbranched alkanes of at least 4 members (excludes halogenated alkanes) is 1. The molecule has 2 heterocycles. The fourth-order valence-corrected chi connectivity index (χ4v) is 3.20. The number of rotatable bonds is 7. The number of aryl methyl sites for hydroxylation is 1. The van der Waals surface area contributed by atoms with Crippen LogP contribution in [-0.2, 0) is 0 Å². The average Bonchev–Trinajstić information content (AvgIpc) is 3.25. The van der Waals surface area contributed by atoms with Crippen molar-refractivity contribution >= 4 is 23.0 Å². The molecule has 0 aliphatic heterocycles. The molecule has 0 radical (unpaired) electrons. The van der Waals surface area contributed by atoms with Gasteiger partial charge >= 0.3 is 0 Å². The fraction of sp³-hybridized carbons (Fsp3) is 0.263. The molecular weight excluding hydrogens is 318 g/mol. The topological polar surface area (TPSA) is 66.6 Å². The van der Waals surface area contributed by atoms with Crippen LogP contribution >= 0.6 is 11.3 Å². The lowest BCUT2D eigenvalue weighted by Crippen LogP contribution is -2.50. The number of hydrogen-bond donors (Lipinski definition) is 1. The first-order chi connectivity index (χ1) is 11.8. The summed E-state index contributed by atoms with van der Waals surface area (Å²) < 4.78 is 5.55. The van der Waals surface area contributed by atoms with Gasteiger partial charge in [-0.05, 0) is 49.3 Å². The number of thiophene rings is 1. The summed E-state index contributed by atoms with van der Waals surface area (Å²) in [5.74, 6) is 1.27. The van der Waals surface area contributed by atoms with Crippen LogP contribution < -0.4 is 5.73 Å². The van der Waals surface area contributed by atoms with Crippen molar-refractivity contribution in [2.45, 2.75) is 26.2 Å². The van der Waals surface area contributed by atoms with Gasteiger partial charge in [-0.25, -0.2) is 0 Å². The Hall–Kier alpha value is -2.24. The molecule has 3 rings (SSSR count). The first-order valence-corrected chi connectivity index (χ1v) is 9.08. The molecule has 0 aliphatic carbocycles. The predicted molar refractivity (Wildman–Crippen MR) is 98.3 cm³/mol. The van der Waals surface area contributed by atoms with Gasteiger partial charge in [-0.15, -0.1) is 11.3 Å². The lowest BCUT2D eigenvalue weighted by atomic mass is 10.0. The SMILES string of the molecule is Cc1cccc(/C=C(\CCCC[NH3+])c2nc(-c3cccs3)no2)c1. The quantitative estimate of drug-likeness (QED) is 0.660. The van der Waals surface area contributed by atoms with Crippen molar-refractivity contribution in [3.63, 3.8) is 0 Å². The summed E-state index contributed by atoms with van der Waals surface area (Å²) in [6.07, 6.45) is 5.23. The molecule has 5 heteroatoms. The van der Waals surface area contributed by atoms with Crippen molar-refractivity contribution in [1.82, 2.24) is 10.1 Å². The Bertz CT molecular complexity index is 806. The standard InChI is InChI=1S/C19H21N3OS/c1-14-6-4-7-15(12-14)13-16(8-2-3-10-20)19-21-18(22-23-19)17-9-5-11-24-17/h4-7,9,11-13H,2-3,8,10,20H2,1H3/p+1/b16-13+. The lowest BCUT2D eigenvalue weighted by Gasteiger charge is -2.03. The van der Waals surface area contributed by atoms with Crippen LogP contribution in [-0.4, -0.2) is 16.7 Å². The van der Waals surface area contributed by atoms with E-state index in [0.29, 0.717) is 11.7 Å². The molecule has 24 heavy (non-hydrogen) atoms. The number of allylic oxidation sites excluding steroid dienone is 1. The summed E-state index contributed by atoms with van der Waals surface area (Å²) in [7, 11) is 0. The summed E-state index contributed by atoms with van der Waals surface area (Å²) in [6, 6.07) is 12.4. The summed E-state index contributed by atoms with van der Waals surface area (Å²) >= 11 is 1.62. The third-order valence-corrected chi connectivity index (χ3v) is 4.64. The Morgan fingerprint density at radius 2 is 2.17 bits per heavy atom. The van der Waals surface area contributed by atoms with Crippen LogP contribution in [0.15, 0.2) is 46.3 Å². The minimum Gasteiger partial charge on any atom is -0.358 e. The van der Waals surface area contributed by atoms with E-state index in [1.165, 1.54) is 5.56 Å². The van der Waals surface area contributed by atoms with E-state index in [1.807, 2.05) is 17.5 Å². The van der Waals surface area contributed by atoms with Crippen molar-refractivity contribution < 1.29 is 10.3 Å². The van der Waals surface area contributed by atoms with E-state index in [0.717, 1.165) is 41.8 Å². The molecule has 0 atom stereocenters. The normalized spacial score (nSPS) is 11.8. The molecule has 0 bridgehead atoms. The Kier molecular flexibility index (Phi) is 5.56. The molecule has 2 aromatic heterocycles. The first-order valence-electron chi connectivity index (χ1n) is 8.20. The summed E-state index contributed by atoms with van der Waals surface area (Å²) in [5.41, 5.74) is 7.41. The molecule has 0 spiro atoms. The van der Waals surface area contributed by atoms with Gasteiger partial charge in [0.1, 0.15) is 0 Å². The Morgan fingerprint density at radius 3 is 2.92 bits per heavy atom. The van der Waals surface area contributed by atoms with Gasteiger partial charge in [0.2, 0.25) is 5.82 Å². The maximum Gasteiger partial charge on any atom is 0.254 e. The summed E-state index contributed by atoms with van der Waals surface area (Å²) in [5, 5.41) is 6.16. The van der Waals surface area contributed by atoms with Crippen LogP contribution in [0.3, 0.4) is 0 Å². The van der Waals surface area contributed by atoms with E-state index in [-0.39, 0.29) is 0 Å². The first kappa shape index (κ1) is 16.6. The minimum absolute atomic E-state index is 0.615. The molecule has 0 amide bonds. The molecule has 1 aromatic carbocycles. The van der Waals surface area contributed by atoms with Crippen LogP contribution in [0.1, 0.15) is 36.3 Å². The van der Waals surface area contributed by atoms with E-state index in [2.05, 4.69) is 53.1 Å². The highest BCUT2D eigenvalue weighted by Crippen LogP contribution is 2.27. The predicted octanol–water partition coefficient (Wildman–Crippen LogP) is 4.06. The van der Waals surface area contributed by atoms with Crippen LogP contribution in [0.25, 0.3) is 22.4 Å². The average molecular weight is 340 g/mol. The van der Waals surface area contributed by atoms with E-state index in [4.69, 9.17) is 4.52 Å². The Labute approximate surface area is 146 Å². The highest BCUT2D eigenvalue weighted by atomic mass is 32.1. The van der Waals surface area contributed by atoms with Gasteiger partial charge in [0.05, 0.1) is 11.4 Å². The second-order valence-corrected chi connectivity index (χ2v) is 6.74. The number of quaternary nitrogens is 1. The lowest BCUT2D eigenvalue weighted by molar-refractivity contribution is -0.368. The summed E-state index contributed by atoms with van der Waals surface area (Å²) in [4.78, 5) is 5.62. The van der Waals surface area contributed by atoms with E-state index in [9.17, 15) is 0 Å². The molecule has 0 saturated carbocycles. The second-order valence-electron chi connectivity index (χ2n) is 5.79. The highest BCUT2D eigenvalue weighted by molar-refractivity contribution is 7.13. The third kappa shape index (κ3) is 4.19. The van der Waals surface area contributed by atoms with Gasteiger partial charge < -0.3 is 10.3 Å². The Balaban J connectivity index is 1.89. The molecule has 0 unspecified atom stereocenters. The zero-order chi connectivity index (χ0) is 16.8. The number of hydrogen-bond acceptors (Lipinski definition) is 4. The smallest absolute Gasteiger partial charge is 0.254 e. The second kappa shape index (κ2) is 8.04. The van der Waals surface area contributed by atoms with Gasteiger partial charge in [0.25, 0.3) is 5.89 Å². The molecular formula is C19H22N3OS+. The van der Waals surface area contributed by atoms with Gasteiger partial charge in [-0.1, -0.05) is 41.1 Å². The van der Waals surface area contributed by atoms with Crippen molar-refractivity contribution in [2.75, 3.05) is 6.54 Å². The molecule has 124 valence electrons. The van der Waals surface area contributed by atoms with Gasteiger partial charge in [-0.2, -0.15) is 4.98 Å². The number of nitrogens with zero attached hydrogens (tertiary/aromatic N) is 2. The molecule has 0 fully saturated rings. The molecule has 3 N–H and O–H groups in total. The van der Waals surface area contributed by atoms with Crippen molar-refractivity contribution in [3.8, 4) is 10.7 Å². The van der Waals surface area contributed by atoms with Gasteiger partial charge in [0.15, 0.2) is 0 Å². The maximum atomic E-state index is 5.55. The van der Waals surface area contributed by atoms with Crippen LogP contribution in [0.2, 0.25) is 0 Å². The van der Waals surface area contributed by atoms with E-state index in [1.54, 1.807) is 11.3 Å². The number of benzene rings is 1. The largest absolute Gasteiger partial charge is 0.358 e. The van der Waals surface area contributed by atoms with Crippen LogP contribution in [0.5, 0.6) is 0 Å². The van der Waals surface area contributed by atoms with Gasteiger partial charge in [0, 0.05) is 5.57 Å². The number of aromatic nitrogens is 2. The minimum atomic E-state index is 0.615. The molecule has 0 saturated heterocycles. The van der Waals surface area contributed by atoms with Crippen LogP contribution in [0.4, 0.5) is 0 Å². The molecule has 0 aliphatic rings. The molecule has 4 nitrogen and oxygen atoms in total. The monoisotopic (exact) mass is 340 g/mol. The highest BCUT2D eigenvalue weighted by Gasteiger charge is 2.13. The van der Waals surface area contributed by atoms with E-state index >= 15 is 0 Å². The maximum absolute atomic E-state index is 5.55. The van der Waals surface area contributed by atoms with Crippen molar-refractivity contribution in [2.24, 2.45) is 0 Å². The van der Waals surface area contributed by atoms with E-state index < -0.39 is 0 Å². The molecule has 3 aromatic rings. The van der Waals surface area contributed by atoms with Crippen molar-refractivity contribution in [1.29, 1.82) is 0 Å². The van der Waals surface area contributed by atoms with Crippen molar-refractivity contribution in [3.05, 3.63) is 58.8 Å². The van der Waals surface area contributed by atoms with Gasteiger partial charge in [-0.3, -0.25) is 0 Å². The zero-order valence-corrected chi connectivity index (χ0v) is 14.7. The van der Waals surface area contributed by atoms with Crippen LogP contribution in [0, 0.1) is 6.92 Å². The summed E-state index contributed by atoms with van der Waals surface area (Å²) in [6.45, 7) is 3.05.